The molecule has 4 rings (SSSR count). The van der Waals surface area contributed by atoms with E-state index in [1.165, 1.54) is 12.1 Å². The molecule has 2 fully saturated rings. The molecule has 0 aromatic heterocycles. The predicted molar refractivity (Wildman–Crippen MR) is 98.7 cm³/mol. The maximum Gasteiger partial charge on any atom is 0.233 e. The van der Waals surface area contributed by atoms with Gasteiger partial charge in [-0.25, -0.2) is 4.39 Å². The highest BCUT2D eigenvalue weighted by atomic mass is 35.5. The van der Waals surface area contributed by atoms with E-state index in [1.807, 2.05) is 35.2 Å². The normalized spacial score (nSPS) is 21.9. The third-order valence-electron chi connectivity index (χ3n) is 5.59. The minimum Gasteiger partial charge on any atom is -0.370 e. The number of halogens is 2. The molecule has 26 heavy (non-hydrogen) atoms. The number of ether oxygens (including phenoxy) is 1. The lowest BCUT2D eigenvalue weighted by Crippen LogP contribution is -2.54. The second kappa shape index (κ2) is 7.01. The number of hydrogen-bond acceptors (Lipinski definition) is 2. The van der Waals surface area contributed by atoms with Crippen LogP contribution >= 0.6 is 11.6 Å². The van der Waals surface area contributed by atoms with E-state index >= 15 is 0 Å². The van der Waals surface area contributed by atoms with Crippen molar-refractivity contribution >= 4 is 17.5 Å². The molecule has 1 saturated carbocycles. The summed E-state index contributed by atoms with van der Waals surface area (Å²) in [5.74, 6) is -0.195. The smallest absolute Gasteiger partial charge is 0.233 e. The molecule has 1 aliphatic heterocycles. The third-order valence-corrected chi connectivity index (χ3v) is 5.84. The van der Waals surface area contributed by atoms with Crippen molar-refractivity contribution in [3.8, 4) is 0 Å². The largest absolute Gasteiger partial charge is 0.370 e. The fraction of sp³-hybridized carbons (Fsp3) is 0.381. The molecule has 3 nitrogen and oxygen atoms in total. The first-order chi connectivity index (χ1) is 12.6. The molecule has 1 heterocycles. The van der Waals surface area contributed by atoms with E-state index in [4.69, 9.17) is 16.3 Å². The van der Waals surface area contributed by atoms with Crippen LogP contribution < -0.4 is 0 Å². The van der Waals surface area contributed by atoms with Gasteiger partial charge in [0.2, 0.25) is 5.91 Å². The Kier molecular flexibility index (Phi) is 4.72. The molecule has 1 atom stereocenters. The van der Waals surface area contributed by atoms with Crippen molar-refractivity contribution < 1.29 is 13.9 Å². The molecular weight excluding hydrogens is 353 g/mol. The van der Waals surface area contributed by atoms with E-state index in [0.717, 1.165) is 30.4 Å². The molecule has 0 N–H and O–H groups in total. The average molecular weight is 374 g/mol. The van der Waals surface area contributed by atoms with E-state index in [1.54, 1.807) is 6.07 Å². The zero-order chi connectivity index (χ0) is 18.1. The van der Waals surface area contributed by atoms with Gasteiger partial charge < -0.3 is 9.64 Å². The second-order valence-electron chi connectivity index (χ2n) is 7.11. The van der Waals surface area contributed by atoms with Crippen LogP contribution in [0.5, 0.6) is 0 Å². The highest BCUT2D eigenvalue weighted by molar-refractivity contribution is 6.30. The number of amides is 1. The first-order valence-electron chi connectivity index (χ1n) is 9.01. The van der Waals surface area contributed by atoms with Crippen LogP contribution in [-0.2, 0) is 14.9 Å². The second-order valence-corrected chi connectivity index (χ2v) is 7.54. The Morgan fingerprint density at radius 2 is 1.96 bits per heavy atom. The maximum atomic E-state index is 13.7. The van der Waals surface area contributed by atoms with Gasteiger partial charge in [0.25, 0.3) is 0 Å². The van der Waals surface area contributed by atoms with Crippen molar-refractivity contribution in [1.82, 2.24) is 4.90 Å². The fourth-order valence-corrected chi connectivity index (χ4v) is 4.08. The van der Waals surface area contributed by atoms with Crippen molar-refractivity contribution in [1.29, 1.82) is 0 Å². The van der Waals surface area contributed by atoms with Gasteiger partial charge >= 0.3 is 0 Å². The molecule has 0 spiro atoms. The zero-order valence-corrected chi connectivity index (χ0v) is 15.2. The zero-order valence-electron chi connectivity index (χ0n) is 14.5. The van der Waals surface area contributed by atoms with Crippen molar-refractivity contribution in [2.75, 3.05) is 19.7 Å². The van der Waals surface area contributed by atoms with Crippen LogP contribution in [0.3, 0.4) is 0 Å². The van der Waals surface area contributed by atoms with Crippen LogP contribution in [0.15, 0.2) is 48.5 Å². The first kappa shape index (κ1) is 17.5. The summed E-state index contributed by atoms with van der Waals surface area (Å²) < 4.78 is 19.6. The summed E-state index contributed by atoms with van der Waals surface area (Å²) in [6, 6.07) is 14.0. The number of benzene rings is 2. The molecular formula is C21H21ClFNO2. The molecule has 2 aromatic rings. The summed E-state index contributed by atoms with van der Waals surface area (Å²) in [6.45, 7) is 1.58. The van der Waals surface area contributed by atoms with Gasteiger partial charge in [-0.15, -0.1) is 0 Å². The van der Waals surface area contributed by atoms with E-state index in [-0.39, 0.29) is 17.8 Å². The number of carbonyl (C=O) groups excluding carboxylic acids is 1. The Hall–Kier alpha value is -1.91. The molecule has 136 valence electrons. The lowest BCUT2D eigenvalue weighted by molar-refractivity contribution is -0.148. The summed E-state index contributed by atoms with van der Waals surface area (Å²) in [7, 11) is 0. The quantitative estimate of drug-likeness (QED) is 0.792. The Morgan fingerprint density at radius 1 is 1.19 bits per heavy atom. The molecule has 2 aliphatic rings. The van der Waals surface area contributed by atoms with Crippen LogP contribution in [0.2, 0.25) is 5.02 Å². The lowest BCUT2D eigenvalue weighted by atomic mass is 9.63. The summed E-state index contributed by atoms with van der Waals surface area (Å²) in [5.41, 5.74) is 1.23. The van der Waals surface area contributed by atoms with Gasteiger partial charge in [-0.1, -0.05) is 42.3 Å². The standard InChI is InChI=1S/C21H21ClFNO2/c22-17-7-5-15(6-8-17)19-14-24(11-12-26-19)20(25)21(9-2-10-21)16-3-1-4-18(23)13-16/h1,3-8,13,19H,2,9-12,14H2. The Bertz CT molecular complexity index is 804. The van der Waals surface area contributed by atoms with Crippen LogP contribution in [0, 0.1) is 5.82 Å². The number of nitrogens with zero attached hydrogens (tertiary/aromatic N) is 1. The number of rotatable bonds is 3. The van der Waals surface area contributed by atoms with Gasteiger partial charge in [0, 0.05) is 11.6 Å². The van der Waals surface area contributed by atoms with Gasteiger partial charge in [0.15, 0.2) is 0 Å². The fourth-order valence-electron chi connectivity index (χ4n) is 3.96. The molecule has 2 aromatic carbocycles. The van der Waals surface area contributed by atoms with E-state index in [0.29, 0.717) is 24.7 Å². The SMILES string of the molecule is O=C(N1CCOC(c2ccc(Cl)cc2)C1)C1(c2cccc(F)c2)CCC1. The van der Waals surface area contributed by atoms with Crippen molar-refractivity contribution in [3.05, 3.63) is 70.5 Å². The van der Waals surface area contributed by atoms with Crippen LogP contribution in [0.1, 0.15) is 36.5 Å². The van der Waals surface area contributed by atoms with Crippen molar-refractivity contribution in [2.24, 2.45) is 0 Å². The van der Waals surface area contributed by atoms with Gasteiger partial charge in [-0.2, -0.15) is 0 Å². The summed E-state index contributed by atoms with van der Waals surface area (Å²) in [5, 5.41) is 0.678. The third kappa shape index (κ3) is 3.12. The van der Waals surface area contributed by atoms with Gasteiger partial charge in [0.05, 0.1) is 18.6 Å². The van der Waals surface area contributed by atoms with E-state index < -0.39 is 5.41 Å². The Balaban J connectivity index is 1.56. The average Bonchev–Trinajstić information content (AvgIpc) is 2.61. The monoisotopic (exact) mass is 373 g/mol. The minimum absolute atomic E-state index is 0.0941. The number of hydrogen-bond donors (Lipinski definition) is 0. The molecule has 0 bridgehead atoms. The molecule has 1 saturated heterocycles. The van der Waals surface area contributed by atoms with E-state index in [9.17, 15) is 9.18 Å². The molecule has 1 unspecified atom stereocenters. The van der Waals surface area contributed by atoms with E-state index in [2.05, 4.69) is 0 Å². The minimum atomic E-state index is -0.579. The molecule has 5 heteroatoms. The van der Waals surface area contributed by atoms with Crippen molar-refractivity contribution in [2.45, 2.75) is 30.8 Å². The number of morpholine rings is 1. The Morgan fingerprint density at radius 3 is 2.62 bits per heavy atom. The van der Waals surface area contributed by atoms with Crippen LogP contribution in [-0.4, -0.2) is 30.5 Å². The first-order valence-corrected chi connectivity index (χ1v) is 9.39. The van der Waals surface area contributed by atoms with Crippen molar-refractivity contribution in [3.63, 3.8) is 0 Å². The highest BCUT2D eigenvalue weighted by Gasteiger charge is 2.48. The summed E-state index contributed by atoms with van der Waals surface area (Å²) >= 11 is 5.96. The number of carbonyl (C=O) groups is 1. The van der Waals surface area contributed by atoms with Gasteiger partial charge in [-0.3, -0.25) is 4.79 Å². The van der Waals surface area contributed by atoms with Gasteiger partial charge in [0.1, 0.15) is 11.9 Å². The Labute approximate surface area is 157 Å². The predicted octanol–water partition coefficient (Wildman–Crippen LogP) is 4.50. The topological polar surface area (TPSA) is 29.5 Å². The molecule has 1 aliphatic carbocycles. The highest BCUT2D eigenvalue weighted by Crippen LogP contribution is 2.46. The van der Waals surface area contributed by atoms with Gasteiger partial charge in [-0.05, 0) is 48.2 Å². The molecule has 0 radical (unpaired) electrons. The van der Waals surface area contributed by atoms with Crippen LogP contribution in [0.25, 0.3) is 0 Å². The molecule has 1 amide bonds. The lowest BCUT2D eigenvalue weighted by Gasteiger charge is -2.46. The van der Waals surface area contributed by atoms with Crippen LogP contribution in [0.4, 0.5) is 4.39 Å². The maximum absolute atomic E-state index is 13.7. The summed E-state index contributed by atoms with van der Waals surface area (Å²) in [6.07, 6.45) is 2.39. The summed E-state index contributed by atoms with van der Waals surface area (Å²) in [4.78, 5) is 15.3.